The number of likely N-dealkylation sites (tertiary alicyclic amines) is 1. The van der Waals surface area contributed by atoms with Crippen molar-refractivity contribution in [3.63, 3.8) is 0 Å². The van der Waals surface area contributed by atoms with E-state index in [0.29, 0.717) is 25.0 Å². The van der Waals surface area contributed by atoms with Crippen LogP contribution >= 0.6 is 0 Å². The highest BCUT2D eigenvalue weighted by molar-refractivity contribution is 5.94. The van der Waals surface area contributed by atoms with Crippen LogP contribution in [0.3, 0.4) is 0 Å². The molecule has 1 aliphatic carbocycles. The van der Waals surface area contributed by atoms with Gasteiger partial charge in [0.25, 0.3) is 5.91 Å². The number of amides is 2. The average molecular weight is 436 g/mol. The number of carbonyl (C=O) groups excluding carboxylic acids is 2. The van der Waals surface area contributed by atoms with Gasteiger partial charge in [0.05, 0.1) is 0 Å². The third-order valence-corrected chi connectivity index (χ3v) is 6.60. The summed E-state index contributed by atoms with van der Waals surface area (Å²) in [6.45, 7) is 4.07. The molecule has 1 saturated carbocycles. The molecule has 8 heteroatoms. The average Bonchev–Trinajstić information content (AvgIpc) is 3.64. The van der Waals surface area contributed by atoms with E-state index in [-0.39, 0.29) is 17.5 Å². The van der Waals surface area contributed by atoms with Gasteiger partial charge in [0.15, 0.2) is 11.6 Å². The van der Waals surface area contributed by atoms with Gasteiger partial charge < -0.3 is 15.0 Å². The van der Waals surface area contributed by atoms with Gasteiger partial charge in [-0.05, 0) is 56.7 Å². The maximum Gasteiger partial charge on any atom is 0.251 e. The Labute approximate surface area is 181 Å². The van der Waals surface area contributed by atoms with Crippen molar-refractivity contribution in [2.75, 3.05) is 39.4 Å². The number of halogens is 2. The van der Waals surface area contributed by atoms with E-state index in [1.807, 2.05) is 4.90 Å². The minimum Gasteiger partial charge on any atom is -0.381 e. The summed E-state index contributed by atoms with van der Waals surface area (Å²) in [5, 5.41) is 2.83. The second kappa shape index (κ2) is 10.0. The van der Waals surface area contributed by atoms with E-state index >= 15 is 0 Å². The Morgan fingerprint density at radius 2 is 1.84 bits per heavy atom. The van der Waals surface area contributed by atoms with E-state index < -0.39 is 17.5 Å². The van der Waals surface area contributed by atoms with Gasteiger partial charge in [0.2, 0.25) is 5.91 Å². The Morgan fingerprint density at radius 1 is 1.06 bits per heavy atom. The van der Waals surface area contributed by atoms with Crippen molar-refractivity contribution in [1.82, 2.24) is 15.1 Å². The molecule has 6 nitrogen and oxygen atoms in total. The zero-order chi connectivity index (χ0) is 21.8. The van der Waals surface area contributed by atoms with Gasteiger partial charge in [-0.2, -0.15) is 0 Å². The predicted molar refractivity (Wildman–Crippen MR) is 112 cm³/mol. The highest BCUT2D eigenvalue weighted by Crippen LogP contribution is 2.32. The first kappa shape index (κ1) is 22.1. The van der Waals surface area contributed by atoms with Crippen molar-refractivity contribution in [2.24, 2.45) is 5.92 Å². The van der Waals surface area contributed by atoms with E-state index in [2.05, 4.69) is 10.2 Å². The van der Waals surface area contributed by atoms with Crippen LogP contribution < -0.4 is 5.32 Å². The molecule has 1 unspecified atom stereocenters. The second-order valence-electron chi connectivity index (χ2n) is 8.82. The van der Waals surface area contributed by atoms with Crippen molar-refractivity contribution in [2.45, 2.75) is 50.6 Å². The van der Waals surface area contributed by atoms with Crippen LogP contribution in [0.1, 0.15) is 48.9 Å². The molecule has 2 aliphatic heterocycles. The molecule has 1 N–H and O–H groups in total. The lowest BCUT2D eigenvalue weighted by atomic mass is 9.98. The minimum absolute atomic E-state index is 0.107. The first-order chi connectivity index (χ1) is 15.0. The molecule has 3 aliphatic rings. The molecular formula is C23H31F2N3O3. The summed E-state index contributed by atoms with van der Waals surface area (Å²) < 4.78 is 32.1. The molecule has 3 fully saturated rings. The van der Waals surface area contributed by atoms with Gasteiger partial charge in [-0.15, -0.1) is 0 Å². The first-order valence-electron chi connectivity index (χ1n) is 11.4. The maximum atomic E-state index is 13.4. The molecule has 4 rings (SSSR count). The number of carbonyl (C=O) groups is 2. The summed E-state index contributed by atoms with van der Waals surface area (Å²) >= 11 is 0. The van der Waals surface area contributed by atoms with Crippen molar-refractivity contribution in [3.8, 4) is 0 Å². The molecule has 0 aromatic heterocycles. The number of nitrogens with one attached hydrogen (secondary N) is 1. The van der Waals surface area contributed by atoms with Crippen LogP contribution in [0.2, 0.25) is 0 Å². The fraction of sp³-hybridized carbons (Fsp3) is 0.652. The van der Waals surface area contributed by atoms with Gasteiger partial charge >= 0.3 is 0 Å². The lowest BCUT2D eigenvalue weighted by Crippen LogP contribution is -2.55. The van der Waals surface area contributed by atoms with E-state index in [1.54, 1.807) is 0 Å². The minimum atomic E-state index is -1.03. The molecule has 2 amide bonds. The number of piperidine rings is 1. The Bertz CT molecular complexity index is 796. The lowest BCUT2D eigenvalue weighted by Gasteiger charge is -2.44. The summed E-state index contributed by atoms with van der Waals surface area (Å²) in [5.41, 5.74) is 0.107. The normalized spacial score (nSPS) is 22.5. The van der Waals surface area contributed by atoms with Crippen molar-refractivity contribution >= 4 is 11.8 Å². The molecule has 1 atom stereocenters. The molecule has 2 heterocycles. The zero-order valence-electron chi connectivity index (χ0n) is 17.8. The third-order valence-electron chi connectivity index (χ3n) is 6.60. The molecule has 0 radical (unpaired) electrons. The first-order valence-corrected chi connectivity index (χ1v) is 11.4. The monoisotopic (exact) mass is 435 g/mol. The highest BCUT2D eigenvalue weighted by Gasteiger charge is 2.37. The van der Waals surface area contributed by atoms with Crippen LogP contribution in [0.5, 0.6) is 0 Å². The quantitative estimate of drug-likeness (QED) is 0.715. The summed E-state index contributed by atoms with van der Waals surface area (Å²) in [6, 6.07) is 3.79. The summed E-state index contributed by atoms with van der Waals surface area (Å²) in [6.07, 6.45) is 5.92. The van der Waals surface area contributed by atoms with Crippen molar-refractivity contribution in [3.05, 3.63) is 35.4 Å². The van der Waals surface area contributed by atoms with Crippen LogP contribution in [-0.4, -0.2) is 73.1 Å². The Hall–Kier alpha value is -2.06. The van der Waals surface area contributed by atoms with Crippen molar-refractivity contribution < 1.29 is 23.1 Å². The van der Waals surface area contributed by atoms with E-state index in [9.17, 15) is 18.4 Å². The highest BCUT2D eigenvalue weighted by atomic mass is 19.2. The van der Waals surface area contributed by atoms with Crippen LogP contribution in [0.4, 0.5) is 8.78 Å². The molecule has 2 saturated heterocycles. The summed E-state index contributed by atoms with van der Waals surface area (Å²) in [4.78, 5) is 29.4. The fourth-order valence-electron chi connectivity index (χ4n) is 4.73. The van der Waals surface area contributed by atoms with Crippen LogP contribution in [0, 0.1) is 17.6 Å². The van der Waals surface area contributed by atoms with Crippen molar-refractivity contribution in [1.29, 1.82) is 0 Å². The predicted octanol–water partition coefficient (Wildman–Crippen LogP) is 2.58. The largest absolute Gasteiger partial charge is 0.381 e. The van der Waals surface area contributed by atoms with Gasteiger partial charge in [-0.3, -0.25) is 14.5 Å². The SMILES string of the molecule is O=C(NCCN(C1CCOCC1)C1CCCN(C(=O)C2CC2)C1)c1ccc(F)c(F)c1. The number of rotatable bonds is 7. The fourth-order valence-corrected chi connectivity index (χ4v) is 4.73. The van der Waals surface area contributed by atoms with Gasteiger partial charge in [0.1, 0.15) is 0 Å². The molecule has 31 heavy (non-hydrogen) atoms. The van der Waals surface area contributed by atoms with E-state index in [0.717, 1.165) is 77.0 Å². The topological polar surface area (TPSA) is 61.9 Å². The van der Waals surface area contributed by atoms with E-state index in [4.69, 9.17) is 4.74 Å². The second-order valence-corrected chi connectivity index (χ2v) is 8.82. The molecule has 1 aromatic carbocycles. The van der Waals surface area contributed by atoms with Gasteiger partial charge in [0, 0.05) is 63.0 Å². The summed E-state index contributed by atoms with van der Waals surface area (Å²) in [7, 11) is 0. The van der Waals surface area contributed by atoms with Crippen LogP contribution in [0.15, 0.2) is 18.2 Å². The summed E-state index contributed by atoms with van der Waals surface area (Å²) in [5.74, 6) is -1.89. The molecule has 170 valence electrons. The Balaban J connectivity index is 1.37. The molecule has 1 aromatic rings. The number of nitrogens with zero attached hydrogens (tertiary/aromatic N) is 2. The molecular weight excluding hydrogens is 404 g/mol. The number of ether oxygens (including phenoxy) is 1. The zero-order valence-corrected chi connectivity index (χ0v) is 17.8. The van der Waals surface area contributed by atoms with E-state index in [1.165, 1.54) is 6.07 Å². The standard InChI is InChI=1S/C23H31F2N3O3/c24-20-6-5-17(14-21(20)25)22(29)26-9-11-28(18-7-12-31-13-8-18)19-2-1-10-27(15-19)23(30)16-3-4-16/h5-6,14,16,18-19H,1-4,7-13,15H2,(H,26,29). The van der Waals surface area contributed by atoms with Crippen LogP contribution in [-0.2, 0) is 9.53 Å². The Kier molecular flexibility index (Phi) is 7.17. The van der Waals surface area contributed by atoms with Gasteiger partial charge in [-0.1, -0.05) is 0 Å². The van der Waals surface area contributed by atoms with Gasteiger partial charge in [-0.25, -0.2) is 8.78 Å². The third kappa shape index (κ3) is 5.60. The Morgan fingerprint density at radius 3 is 2.55 bits per heavy atom. The number of hydrogen-bond donors (Lipinski definition) is 1. The smallest absolute Gasteiger partial charge is 0.251 e. The molecule has 0 spiro atoms. The molecule has 0 bridgehead atoms. The maximum absolute atomic E-state index is 13.4. The number of benzene rings is 1. The lowest BCUT2D eigenvalue weighted by molar-refractivity contribution is -0.135. The number of hydrogen-bond acceptors (Lipinski definition) is 4. The van der Waals surface area contributed by atoms with Crippen LogP contribution in [0.25, 0.3) is 0 Å².